The minimum Gasteiger partial charge on any atom is -0.155 e. The van der Waals surface area contributed by atoms with Crippen molar-refractivity contribution in [1.29, 1.82) is 0 Å². The maximum atomic E-state index is 6.00. The van der Waals surface area contributed by atoms with Gasteiger partial charge in [0.2, 0.25) is 0 Å². The lowest BCUT2D eigenvalue weighted by Crippen LogP contribution is -1.97. The zero-order chi connectivity index (χ0) is 16.3. The summed E-state index contributed by atoms with van der Waals surface area (Å²) in [6.07, 6.45) is 0. The summed E-state index contributed by atoms with van der Waals surface area (Å²) in [5.41, 5.74) is 3.19. The highest BCUT2D eigenvalue weighted by Crippen LogP contribution is 2.24. The predicted molar refractivity (Wildman–Crippen MR) is 97.3 cm³/mol. The van der Waals surface area contributed by atoms with Crippen molar-refractivity contribution in [2.45, 2.75) is 13.8 Å². The summed E-state index contributed by atoms with van der Waals surface area (Å²) in [4.78, 5) is 0. The van der Waals surface area contributed by atoms with E-state index in [2.05, 4.69) is 10.2 Å². The van der Waals surface area contributed by atoms with Gasteiger partial charge < -0.3 is 0 Å². The second-order valence-electron chi connectivity index (χ2n) is 4.63. The molecule has 2 aromatic rings. The van der Waals surface area contributed by atoms with Gasteiger partial charge in [0.1, 0.15) is 0 Å². The van der Waals surface area contributed by atoms with Crippen LogP contribution in [0.25, 0.3) is 0 Å². The van der Waals surface area contributed by atoms with Gasteiger partial charge >= 0.3 is 0 Å². The molecule has 0 saturated carbocycles. The molecule has 0 aliphatic heterocycles. The van der Waals surface area contributed by atoms with Gasteiger partial charge in [0.05, 0.1) is 31.5 Å². The molecule has 6 heteroatoms. The first-order valence-corrected chi connectivity index (χ1v) is 7.89. The van der Waals surface area contributed by atoms with Crippen molar-refractivity contribution < 1.29 is 0 Å². The van der Waals surface area contributed by atoms with Crippen molar-refractivity contribution >= 4 is 57.8 Å². The van der Waals surface area contributed by atoms with E-state index in [1.165, 1.54) is 0 Å². The summed E-state index contributed by atoms with van der Waals surface area (Å²) in [5, 5.41) is 10.4. The molecule has 2 aromatic carbocycles. The SMILES string of the molecule is C/C(=N/N=C(/C)c1ccc(Cl)c(Cl)c1)c1ccc(Cl)c(Cl)c1. The molecule has 0 aliphatic rings. The van der Waals surface area contributed by atoms with Crippen LogP contribution in [0.2, 0.25) is 20.1 Å². The second kappa shape index (κ2) is 7.47. The number of hydrogen-bond donors (Lipinski definition) is 0. The van der Waals surface area contributed by atoms with Gasteiger partial charge in [-0.15, -0.1) is 0 Å². The summed E-state index contributed by atoms with van der Waals surface area (Å²) in [6.45, 7) is 3.70. The van der Waals surface area contributed by atoms with Crippen LogP contribution in [0.1, 0.15) is 25.0 Å². The van der Waals surface area contributed by atoms with Crippen molar-refractivity contribution in [3.63, 3.8) is 0 Å². The molecule has 0 fully saturated rings. The van der Waals surface area contributed by atoms with E-state index in [-0.39, 0.29) is 0 Å². The fourth-order valence-corrected chi connectivity index (χ4v) is 2.30. The molecule has 0 radical (unpaired) electrons. The molecule has 0 aliphatic carbocycles. The van der Waals surface area contributed by atoms with E-state index in [9.17, 15) is 0 Å². The molecule has 0 aromatic heterocycles. The Balaban J connectivity index is 2.27. The molecule has 2 rings (SSSR count). The average Bonchev–Trinajstić information content (AvgIpc) is 2.50. The smallest absolute Gasteiger partial charge is 0.0672 e. The average molecular weight is 374 g/mol. The van der Waals surface area contributed by atoms with Crippen molar-refractivity contribution in [2.24, 2.45) is 10.2 Å². The van der Waals surface area contributed by atoms with Crippen LogP contribution >= 0.6 is 46.4 Å². The Kier molecular flexibility index (Phi) is 5.87. The monoisotopic (exact) mass is 372 g/mol. The van der Waals surface area contributed by atoms with Gasteiger partial charge in [-0.2, -0.15) is 10.2 Å². The minimum absolute atomic E-state index is 0.485. The summed E-state index contributed by atoms with van der Waals surface area (Å²) >= 11 is 23.8. The maximum Gasteiger partial charge on any atom is 0.0672 e. The highest BCUT2D eigenvalue weighted by Gasteiger charge is 2.04. The lowest BCUT2D eigenvalue weighted by molar-refractivity contribution is 1.22. The molecule has 0 amide bonds. The quantitative estimate of drug-likeness (QED) is 0.431. The molecule has 114 valence electrons. The van der Waals surface area contributed by atoms with Crippen LogP contribution in [-0.4, -0.2) is 11.4 Å². The van der Waals surface area contributed by atoms with Gasteiger partial charge in [-0.05, 0) is 49.2 Å². The van der Waals surface area contributed by atoms with E-state index < -0.39 is 0 Å². The van der Waals surface area contributed by atoms with Crippen LogP contribution in [0.3, 0.4) is 0 Å². The van der Waals surface area contributed by atoms with Crippen molar-refractivity contribution in [3.05, 3.63) is 67.6 Å². The molecular weight excluding hydrogens is 362 g/mol. The highest BCUT2D eigenvalue weighted by atomic mass is 35.5. The molecule has 22 heavy (non-hydrogen) atoms. The van der Waals surface area contributed by atoms with E-state index in [1.54, 1.807) is 24.3 Å². The van der Waals surface area contributed by atoms with Crippen LogP contribution in [0.15, 0.2) is 46.6 Å². The first kappa shape index (κ1) is 17.3. The molecule has 0 atom stereocenters. The highest BCUT2D eigenvalue weighted by molar-refractivity contribution is 6.42. The van der Waals surface area contributed by atoms with Gasteiger partial charge in [0.15, 0.2) is 0 Å². The lowest BCUT2D eigenvalue weighted by Gasteiger charge is -2.03. The molecule has 0 saturated heterocycles. The van der Waals surface area contributed by atoms with Crippen molar-refractivity contribution in [1.82, 2.24) is 0 Å². The summed E-state index contributed by atoms with van der Waals surface area (Å²) < 4.78 is 0. The molecule has 0 unspecified atom stereocenters. The Bertz CT molecular complexity index is 701. The normalized spacial score (nSPS) is 12.6. The topological polar surface area (TPSA) is 24.7 Å². The van der Waals surface area contributed by atoms with Gasteiger partial charge in [-0.25, -0.2) is 0 Å². The Hall–Kier alpha value is -1.06. The van der Waals surface area contributed by atoms with Crippen LogP contribution in [-0.2, 0) is 0 Å². The number of nitrogens with zero attached hydrogens (tertiary/aromatic N) is 2. The van der Waals surface area contributed by atoms with E-state index in [4.69, 9.17) is 46.4 Å². The lowest BCUT2D eigenvalue weighted by atomic mass is 10.1. The molecule has 0 spiro atoms. The van der Waals surface area contributed by atoms with E-state index in [0.29, 0.717) is 20.1 Å². The first-order valence-electron chi connectivity index (χ1n) is 6.38. The Morgan fingerprint density at radius 2 is 1.00 bits per heavy atom. The summed E-state index contributed by atoms with van der Waals surface area (Å²) in [7, 11) is 0. The molecule has 0 bridgehead atoms. The van der Waals surface area contributed by atoms with E-state index in [0.717, 1.165) is 22.6 Å². The van der Waals surface area contributed by atoms with Crippen LogP contribution in [0, 0.1) is 0 Å². The zero-order valence-corrected chi connectivity index (χ0v) is 14.9. The fraction of sp³-hybridized carbons (Fsp3) is 0.125. The number of rotatable bonds is 3. The van der Waals surface area contributed by atoms with Crippen LogP contribution in [0.5, 0.6) is 0 Å². The molecular formula is C16H12Cl4N2. The van der Waals surface area contributed by atoms with Gasteiger partial charge in [0.25, 0.3) is 0 Å². The third-order valence-corrected chi connectivity index (χ3v) is 4.50. The summed E-state index contributed by atoms with van der Waals surface area (Å²) in [5.74, 6) is 0. The largest absolute Gasteiger partial charge is 0.155 e. The predicted octanol–water partition coefficient (Wildman–Crippen LogP) is 6.53. The van der Waals surface area contributed by atoms with Gasteiger partial charge in [0, 0.05) is 0 Å². The van der Waals surface area contributed by atoms with Crippen LogP contribution < -0.4 is 0 Å². The molecule has 0 heterocycles. The molecule has 0 N–H and O–H groups in total. The Morgan fingerprint density at radius 1 is 0.636 bits per heavy atom. The first-order chi connectivity index (χ1) is 10.4. The molecule has 2 nitrogen and oxygen atoms in total. The maximum absolute atomic E-state index is 6.00. The Morgan fingerprint density at radius 3 is 1.32 bits per heavy atom. The number of benzene rings is 2. The number of hydrogen-bond acceptors (Lipinski definition) is 2. The summed E-state index contributed by atoms with van der Waals surface area (Å²) in [6, 6.07) is 10.7. The van der Waals surface area contributed by atoms with Gasteiger partial charge in [-0.3, -0.25) is 0 Å². The Labute approximate surface area is 149 Å². The zero-order valence-electron chi connectivity index (χ0n) is 11.9. The third kappa shape index (κ3) is 4.23. The second-order valence-corrected chi connectivity index (χ2v) is 6.26. The fourth-order valence-electron chi connectivity index (χ4n) is 1.71. The van der Waals surface area contributed by atoms with Gasteiger partial charge in [-0.1, -0.05) is 58.5 Å². The minimum atomic E-state index is 0.485. The van der Waals surface area contributed by atoms with Crippen LogP contribution in [0.4, 0.5) is 0 Å². The van der Waals surface area contributed by atoms with Crippen molar-refractivity contribution in [2.75, 3.05) is 0 Å². The number of halogens is 4. The third-order valence-electron chi connectivity index (χ3n) is 3.02. The van der Waals surface area contributed by atoms with E-state index >= 15 is 0 Å². The standard InChI is InChI=1S/C16H12Cl4N2/c1-9(11-3-5-13(17)15(19)7-11)21-22-10(2)12-4-6-14(18)16(20)8-12/h3-8H,1-2H3/b21-9-,22-10-. The van der Waals surface area contributed by atoms with Crippen molar-refractivity contribution in [3.8, 4) is 0 Å². The van der Waals surface area contributed by atoms with E-state index in [1.807, 2.05) is 26.0 Å².